The van der Waals surface area contributed by atoms with Crippen molar-refractivity contribution >= 4 is 35.2 Å². The average Bonchev–Trinajstić information content (AvgIpc) is 3.14. The van der Waals surface area contributed by atoms with Crippen LogP contribution in [0, 0.1) is 19.8 Å². The average molecular weight is 390 g/mol. The van der Waals surface area contributed by atoms with Gasteiger partial charge in [0.2, 0.25) is 17.7 Å². The Morgan fingerprint density at radius 3 is 2.44 bits per heavy atom. The summed E-state index contributed by atoms with van der Waals surface area (Å²) in [6, 6.07) is 5.40. The fraction of sp³-hybridized carbons (Fsp3) is 0.550. The topological polar surface area (TPSA) is 69.7 Å². The first-order valence-electron chi connectivity index (χ1n) is 9.38. The second kappa shape index (κ2) is 8.33. The van der Waals surface area contributed by atoms with Crippen molar-refractivity contribution in [3.8, 4) is 0 Å². The minimum absolute atomic E-state index is 0.0449. The zero-order chi connectivity index (χ0) is 19.6. The number of hydrogen-bond donors (Lipinski definition) is 1. The molecule has 2 saturated heterocycles. The molecule has 1 aromatic carbocycles. The largest absolute Gasteiger partial charge is 0.343 e. The third kappa shape index (κ3) is 4.46. The third-order valence-corrected chi connectivity index (χ3v) is 6.54. The number of nitrogens with one attached hydrogen (secondary N) is 1. The molecule has 0 saturated carbocycles. The lowest BCUT2D eigenvalue weighted by atomic mass is 9.95. The number of aryl methyl sites for hydroxylation is 2. The molecule has 0 aliphatic carbocycles. The van der Waals surface area contributed by atoms with Crippen LogP contribution in [0.5, 0.6) is 0 Å². The standard InChI is InChI=1S/C20H27N3O3S/c1-13-4-5-17(10-14(13)2)21-19(25)18-11-27-12-23(18)20(26)16-6-8-22(9-7-16)15(3)24/h4-5,10,16,18H,6-9,11-12H2,1-3H3,(H,21,25)/t18-/m0/s1. The highest BCUT2D eigenvalue weighted by Gasteiger charge is 2.38. The molecule has 6 nitrogen and oxygen atoms in total. The Bertz CT molecular complexity index is 744. The van der Waals surface area contributed by atoms with E-state index in [1.165, 1.54) is 5.56 Å². The highest BCUT2D eigenvalue weighted by Crippen LogP contribution is 2.28. The van der Waals surface area contributed by atoms with Crippen molar-refractivity contribution in [3.63, 3.8) is 0 Å². The number of carbonyl (C=O) groups is 3. The second-order valence-electron chi connectivity index (χ2n) is 7.39. The molecule has 1 aromatic rings. The molecule has 2 heterocycles. The van der Waals surface area contributed by atoms with Gasteiger partial charge in [0.15, 0.2) is 0 Å². The number of benzene rings is 1. The van der Waals surface area contributed by atoms with Crippen molar-refractivity contribution < 1.29 is 14.4 Å². The lowest BCUT2D eigenvalue weighted by molar-refractivity contribution is -0.142. The summed E-state index contributed by atoms with van der Waals surface area (Å²) in [5.74, 6) is 1.05. The summed E-state index contributed by atoms with van der Waals surface area (Å²) in [5.41, 5.74) is 3.07. The van der Waals surface area contributed by atoms with Gasteiger partial charge in [-0.05, 0) is 49.9 Å². The van der Waals surface area contributed by atoms with Gasteiger partial charge in [0.1, 0.15) is 6.04 Å². The first kappa shape index (κ1) is 19.7. The molecule has 146 valence electrons. The number of piperidine rings is 1. The lowest BCUT2D eigenvalue weighted by Crippen LogP contribution is -2.49. The van der Waals surface area contributed by atoms with E-state index in [2.05, 4.69) is 5.32 Å². The van der Waals surface area contributed by atoms with Gasteiger partial charge in [-0.1, -0.05) is 6.07 Å². The molecule has 0 unspecified atom stereocenters. The third-order valence-electron chi connectivity index (χ3n) is 5.53. The smallest absolute Gasteiger partial charge is 0.248 e. The number of anilines is 1. The van der Waals surface area contributed by atoms with E-state index in [0.717, 1.165) is 11.3 Å². The Kier molecular flexibility index (Phi) is 6.09. The number of nitrogens with zero attached hydrogens (tertiary/aromatic N) is 2. The predicted molar refractivity (Wildman–Crippen MR) is 107 cm³/mol. The van der Waals surface area contributed by atoms with Crippen LogP contribution >= 0.6 is 11.8 Å². The molecule has 0 radical (unpaired) electrons. The molecule has 0 spiro atoms. The summed E-state index contributed by atoms with van der Waals surface area (Å²) in [5, 5.41) is 2.96. The Labute approximate surface area is 164 Å². The Morgan fingerprint density at radius 2 is 1.81 bits per heavy atom. The van der Waals surface area contributed by atoms with Crippen molar-refractivity contribution in [2.45, 2.75) is 39.7 Å². The van der Waals surface area contributed by atoms with Gasteiger partial charge >= 0.3 is 0 Å². The van der Waals surface area contributed by atoms with Gasteiger partial charge in [0.05, 0.1) is 5.88 Å². The van der Waals surface area contributed by atoms with E-state index in [9.17, 15) is 14.4 Å². The number of rotatable bonds is 3. The maximum absolute atomic E-state index is 13.0. The SMILES string of the molecule is CC(=O)N1CCC(C(=O)N2CSC[C@H]2C(=O)Nc2ccc(C)c(C)c2)CC1. The van der Waals surface area contributed by atoms with E-state index in [4.69, 9.17) is 0 Å². The van der Waals surface area contributed by atoms with E-state index in [1.54, 1.807) is 28.5 Å². The quantitative estimate of drug-likeness (QED) is 0.862. The van der Waals surface area contributed by atoms with E-state index in [-0.39, 0.29) is 23.6 Å². The molecule has 1 N–H and O–H groups in total. The summed E-state index contributed by atoms with van der Waals surface area (Å²) < 4.78 is 0. The molecule has 2 fully saturated rings. The first-order valence-corrected chi connectivity index (χ1v) is 10.5. The maximum atomic E-state index is 13.0. The molecular formula is C20H27N3O3S. The summed E-state index contributed by atoms with van der Waals surface area (Å²) in [7, 11) is 0. The van der Waals surface area contributed by atoms with Crippen molar-refractivity contribution in [2.75, 3.05) is 30.0 Å². The van der Waals surface area contributed by atoms with Gasteiger partial charge in [-0.15, -0.1) is 11.8 Å². The molecule has 0 bridgehead atoms. The van der Waals surface area contributed by atoms with Crippen molar-refractivity contribution in [2.24, 2.45) is 5.92 Å². The summed E-state index contributed by atoms with van der Waals surface area (Å²) in [6.45, 7) is 6.84. The van der Waals surface area contributed by atoms with Crippen LogP contribution in [0.3, 0.4) is 0 Å². The number of amides is 3. The number of likely N-dealkylation sites (tertiary alicyclic amines) is 1. The summed E-state index contributed by atoms with van der Waals surface area (Å²) in [4.78, 5) is 40.7. The maximum Gasteiger partial charge on any atom is 0.248 e. The van der Waals surface area contributed by atoms with Gasteiger partial charge in [0.25, 0.3) is 0 Å². The second-order valence-corrected chi connectivity index (χ2v) is 8.39. The lowest BCUT2D eigenvalue weighted by Gasteiger charge is -2.33. The van der Waals surface area contributed by atoms with Gasteiger partial charge in [-0.3, -0.25) is 14.4 Å². The highest BCUT2D eigenvalue weighted by atomic mass is 32.2. The van der Waals surface area contributed by atoms with Crippen molar-refractivity contribution in [1.82, 2.24) is 9.80 Å². The van der Waals surface area contributed by atoms with Crippen LogP contribution in [-0.2, 0) is 14.4 Å². The van der Waals surface area contributed by atoms with Crippen molar-refractivity contribution in [1.29, 1.82) is 0 Å². The van der Waals surface area contributed by atoms with Crippen LogP contribution < -0.4 is 5.32 Å². The van der Waals surface area contributed by atoms with Crippen molar-refractivity contribution in [3.05, 3.63) is 29.3 Å². The van der Waals surface area contributed by atoms with E-state index in [1.807, 2.05) is 32.0 Å². The zero-order valence-corrected chi connectivity index (χ0v) is 17.0. The van der Waals surface area contributed by atoms with E-state index >= 15 is 0 Å². The highest BCUT2D eigenvalue weighted by molar-refractivity contribution is 7.99. The molecule has 2 aliphatic heterocycles. The monoisotopic (exact) mass is 389 g/mol. The van der Waals surface area contributed by atoms with Gasteiger partial charge in [0, 0.05) is 37.4 Å². The Balaban J connectivity index is 1.62. The molecule has 3 rings (SSSR count). The predicted octanol–water partition coefficient (Wildman–Crippen LogP) is 2.40. The van der Waals surface area contributed by atoms with Gasteiger partial charge in [-0.2, -0.15) is 0 Å². The molecule has 27 heavy (non-hydrogen) atoms. The molecule has 3 amide bonds. The van der Waals surface area contributed by atoms with E-state index < -0.39 is 6.04 Å². The minimum atomic E-state index is -0.435. The minimum Gasteiger partial charge on any atom is -0.343 e. The normalized spacial score (nSPS) is 20.6. The molecular weight excluding hydrogens is 362 g/mol. The number of thioether (sulfide) groups is 1. The Hall–Kier alpha value is -2.02. The van der Waals surface area contributed by atoms with Crippen LogP contribution in [0.25, 0.3) is 0 Å². The van der Waals surface area contributed by atoms with Crippen LogP contribution in [-0.4, -0.2) is 58.3 Å². The van der Waals surface area contributed by atoms with Gasteiger partial charge in [-0.25, -0.2) is 0 Å². The summed E-state index contributed by atoms with van der Waals surface area (Å²) >= 11 is 1.61. The molecule has 2 aliphatic rings. The van der Waals surface area contributed by atoms with E-state index in [0.29, 0.717) is 37.6 Å². The fourth-order valence-electron chi connectivity index (χ4n) is 3.60. The number of hydrogen-bond acceptors (Lipinski definition) is 4. The Morgan fingerprint density at radius 1 is 1.11 bits per heavy atom. The summed E-state index contributed by atoms with van der Waals surface area (Å²) in [6.07, 6.45) is 1.34. The fourth-order valence-corrected chi connectivity index (χ4v) is 4.76. The molecule has 1 atom stereocenters. The van der Waals surface area contributed by atoms with Crippen LogP contribution in [0.2, 0.25) is 0 Å². The van der Waals surface area contributed by atoms with Crippen LogP contribution in [0.15, 0.2) is 18.2 Å². The molecule has 0 aromatic heterocycles. The zero-order valence-electron chi connectivity index (χ0n) is 16.2. The molecule has 7 heteroatoms. The van der Waals surface area contributed by atoms with Crippen LogP contribution in [0.1, 0.15) is 30.9 Å². The number of carbonyl (C=O) groups excluding carboxylic acids is 3. The van der Waals surface area contributed by atoms with Crippen LogP contribution in [0.4, 0.5) is 5.69 Å². The first-order chi connectivity index (χ1) is 12.9. The van der Waals surface area contributed by atoms with Gasteiger partial charge < -0.3 is 15.1 Å².